The average Bonchev–Trinajstić information content (AvgIpc) is 4.36. The Hall–Kier alpha value is -11.1. The Kier molecular flexibility index (Phi) is 15.9. The molecule has 0 spiro atoms. The molecule has 0 amide bonds. The number of anilines is 3. The molecule has 0 fully saturated rings. The molecule has 22 nitrogen and oxygen atoms in total. The van der Waals surface area contributed by atoms with E-state index in [1.165, 1.54) is 0 Å². The summed E-state index contributed by atoms with van der Waals surface area (Å²) in [4.78, 5) is 12.8. The van der Waals surface area contributed by atoms with Gasteiger partial charge in [0.15, 0.2) is 11.7 Å². The number of nitrogens with two attached hydrogens (primary N) is 5. The van der Waals surface area contributed by atoms with Crippen LogP contribution >= 0.6 is 0 Å². The van der Waals surface area contributed by atoms with Gasteiger partial charge < -0.3 is 44.3 Å². The number of hydrogen-bond donors (Lipinski definition) is 10. The fourth-order valence-corrected chi connectivity index (χ4v) is 9.02. The van der Waals surface area contributed by atoms with Crippen molar-refractivity contribution in [2.24, 2.45) is 21.8 Å². The van der Waals surface area contributed by atoms with Crippen molar-refractivity contribution in [2.75, 3.05) is 23.7 Å². The minimum Gasteiger partial charge on any atom is -0.409 e. The Morgan fingerprint density at radius 2 is 1.06 bits per heavy atom. The third kappa shape index (κ3) is 11.5. The largest absolute Gasteiger partial charge is 0.409 e. The summed E-state index contributed by atoms with van der Waals surface area (Å²) < 4.78 is 5.27. The molecule has 0 saturated carbocycles. The highest BCUT2D eigenvalue weighted by molar-refractivity contribution is 6.01. The van der Waals surface area contributed by atoms with Crippen LogP contribution in [0.1, 0.15) is 36.2 Å². The van der Waals surface area contributed by atoms with Crippen LogP contribution < -0.4 is 39.5 Å². The summed E-state index contributed by atoms with van der Waals surface area (Å²) in [5.41, 5.74) is 41.5. The summed E-state index contributed by atoms with van der Waals surface area (Å²) in [5.74, 6) is 1.63. The molecule has 0 radical (unpaired) electrons. The number of pyridine rings is 3. The first-order valence-corrected chi connectivity index (χ1v) is 25.4. The van der Waals surface area contributed by atoms with Gasteiger partial charge in [-0.1, -0.05) is 156 Å². The zero-order chi connectivity index (χ0) is 56.4. The second kappa shape index (κ2) is 24.1. The van der Waals surface area contributed by atoms with E-state index in [2.05, 4.69) is 63.5 Å². The van der Waals surface area contributed by atoms with E-state index >= 15 is 0 Å². The molecule has 0 aliphatic rings. The van der Waals surface area contributed by atoms with Crippen LogP contribution in [-0.4, -0.2) is 83.3 Å². The van der Waals surface area contributed by atoms with Gasteiger partial charge in [0.25, 0.3) is 0 Å². The summed E-state index contributed by atoms with van der Waals surface area (Å²) in [6.45, 7) is 2.88. The van der Waals surface area contributed by atoms with Gasteiger partial charge in [0, 0.05) is 73.3 Å². The summed E-state index contributed by atoms with van der Waals surface area (Å²) in [5, 5.41) is 59.4. The molecule has 22 heteroatoms. The molecule has 15 N–H and O–H groups in total. The van der Waals surface area contributed by atoms with E-state index < -0.39 is 0 Å². The molecule has 6 aromatic carbocycles. The average molecular weight is 1080 g/mol. The zero-order valence-corrected chi connectivity index (χ0v) is 43.6. The minimum absolute atomic E-state index is 0.0708. The molecular formula is C59H55N19O3. The van der Waals surface area contributed by atoms with Crippen molar-refractivity contribution in [3.63, 3.8) is 0 Å². The standard InChI is InChI=1S/C21H23N7O.2C19H16N6O/c1-2-11-23-21(26-29)14-7-9-15(10-8-14)28-13-19(25-27-28)18-12-24-20(22)17-6-4-3-5-16(17)18;20-18(24-26)13-7-5-12(6-8-13)14-9-23-25(11-14)17-10-22-19(21)16-4-2-1-3-15(16)17;20-18(24-26)13-7-5-12(6-8-13)16-9-10-25(23-16)17-11-22-19(21)15-4-2-1-3-14(15)17/h3-10,12-13,21,23,26,29H,2,11H2,1H3,(H2,22,24);2*1-11,26H,(H2,20,24)(H2,21,22). The summed E-state index contributed by atoms with van der Waals surface area (Å²) in [7, 11) is 0. The third-order valence-electron chi connectivity index (χ3n) is 13.3. The maximum Gasteiger partial charge on any atom is 0.170 e. The van der Waals surface area contributed by atoms with Crippen molar-refractivity contribution in [1.29, 1.82) is 0 Å². The Balaban J connectivity index is 0.000000137. The lowest BCUT2D eigenvalue weighted by Crippen LogP contribution is -2.32. The molecule has 81 heavy (non-hydrogen) atoms. The SMILES string of the molecule is CCCNC(NO)c1ccc(-n2cc(-c3cnc(N)c4ccccc34)nn2)cc1.NC(=NO)c1ccc(-c2ccn(-c3cnc(N)c4ccccc34)n2)cc1.NC(=NO)c1ccc(-c2cnn(-c3cnc(N)c4ccccc34)c2)cc1. The van der Waals surface area contributed by atoms with Crippen LogP contribution in [0.2, 0.25) is 0 Å². The third-order valence-corrected chi connectivity index (χ3v) is 13.3. The fourth-order valence-electron chi connectivity index (χ4n) is 9.02. The van der Waals surface area contributed by atoms with E-state index in [0.717, 1.165) is 102 Å². The van der Waals surface area contributed by atoms with Crippen LogP contribution in [0.15, 0.2) is 205 Å². The molecule has 12 aromatic rings. The summed E-state index contributed by atoms with van der Waals surface area (Å²) >= 11 is 0. The highest BCUT2D eigenvalue weighted by atomic mass is 16.5. The quantitative estimate of drug-likeness (QED) is 0.0170. The Labute approximate surface area is 463 Å². The normalized spacial score (nSPS) is 12.0. The van der Waals surface area contributed by atoms with Crippen molar-refractivity contribution in [3.8, 4) is 50.7 Å². The number of oxime groups is 2. The number of hydrogen-bond acceptors (Lipinski definition) is 17. The minimum atomic E-state index is -0.317. The number of benzene rings is 6. The van der Waals surface area contributed by atoms with E-state index in [0.29, 0.717) is 28.6 Å². The van der Waals surface area contributed by atoms with Crippen LogP contribution in [-0.2, 0) is 0 Å². The number of fused-ring (bicyclic) bond motifs is 3. The van der Waals surface area contributed by atoms with E-state index in [-0.39, 0.29) is 17.8 Å². The van der Waals surface area contributed by atoms with Crippen LogP contribution in [0.3, 0.4) is 0 Å². The van der Waals surface area contributed by atoms with Gasteiger partial charge >= 0.3 is 0 Å². The predicted octanol–water partition coefficient (Wildman–Crippen LogP) is 8.57. The van der Waals surface area contributed by atoms with Gasteiger partial charge in [0.1, 0.15) is 29.3 Å². The smallest absolute Gasteiger partial charge is 0.170 e. The first-order chi connectivity index (χ1) is 39.5. The lowest BCUT2D eigenvalue weighted by Gasteiger charge is -2.17. The van der Waals surface area contributed by atoms with E-state index in [1.54, 1.807) is 63.1 Å². The van der Waals surface area contributed by atoms with Crippen molar-refractivity contribution in [1.82, 2.24) is 60.3 Å². The second-order valence-corrected chi connectivity index (χ2v) is 18.4. The molecule has 6 heterocycles. The van der Waals surface area contributed by atoms with E-state index in [4.69, 9.17) is 39.1 Å². The van der Waals surface area contributed by atoms with Gasteiger partial charge in [-0.15, -0.1) is 5.10 Å². The fraction of sp³-hybridized carbons (Fsp3) is 0.0678. The Bertz CT molecular complexity index is 4010. The molecule has 1 atom stereocenters. The van der Waals surface area contributed by atoms with Crippen molar-refractivity contribution in [2.45, 2.75) is 19.5 Å². The van der Waals surface area contributed by atoms with Gasteiger partial charge in [0.05, 0.1) is 47.5 Å². The van der Waals surface area contributed by atoms with Crippen molar-refractivity contribution < 1.29 is 15.6 Å². The summed E-state index contributed by atoms with van der Waals surface area (Å²) in [6.07, 6.45) is 13.3. The maximum atomic E-state index is 9.37. The topological polar surface area (TPSA) is 345 Å². The highest BCUT2D eigenvalue weighted by Crippen LogP contribution is 2.31. The number of hydroxylamine groups is 1. The molecule has 0 bridgehead atoms. The maximum absolute atomic E-state index is 9.37. The number of nitrogen functional groups attached to an aromatic ring is 3. The monoisotopic (exact) mass is 1080 g/mol. The number of aromatic nitrogens is 10. The summed E-state index contributed by atoms with van der Waals surface area (Å²) in [6, 6.07) is 47.9. The number of nitrogens with one attached hydrogen (secondary N) is 2. The van der Waals surface area contributed by atoms with Gasteiger partial charge in [-0.3, -0.25) is 5.32 Å². The molecular weight excluding hydrogens is 1020 g/mol. The van der Waals surface area contributed by atoms with Crippen molar-refractivity contribution in [3.05, 3.63) is 212 Å². The molecule has 0 aliphatic carbocycles. The van der Waals surface area contributed by atoms with Crippen LogP contribution in [0.25, 0.3) is 83.0 Å². The molecule has 12 rings (SSSR count). The van der Waals surface area contributed by atoms with Crippen LogP contribution in [0.4, 0.5) is 17.5 Å². The van der Waals surface area contributed by atoms with Gasteiger partial charge in [-0.2, -0.15) is 15.7 Å². The zero-order valence-electron chi connectivity index (χ0n) is 43.6. The molecule has 1 unspecified atom stereocenters. The number of rotatable bonds is 13. The first-order valence-electron chi connectivity index (χ1n) is 25.4. The Morgan fingerprint density at radius 1 is 0.543 bits per heavy atom. The van der Waals surface area contributed by atoms with E-state index in [9.17, 15) is 5.21 Å². The van der Waals surface area contributed by atoms with Crippen LogP contribution in [0.5, 0.6) is 0 Å². The van der Waals surface area contributed by atoms with Gasteiger partial charge in [-0.25, -0.2) is 29.0 Å². The van der Waals surface area contributed by atoms with Gasteiger partial charge in [0.2, 0.25) is 0 Å². The number of nitrogens with zero attached hydrogens (tertiary/aromatic N) is 12. The van der Waals surface area contributed by atoms with Crippen molar-refractivity contribution >= 4 is 61.4 Å². The first kappa shape index (κ1) is 53.3. The van der Waals surface area contributed by atoms with E-state index in [1.807, 2.05) is 146 Å². The predicted molar refractivity (Wildman–Crippen MR) is 315 cm³/mol. The Morgan fingerprint density at radius 3 is 1.62 bits per heavy atom. The lowest BCUT2D eigenvalue weighted by atomic mass is 10.1. The molecule has 404 valence electrons. The second-order valence-electron chi connectivity index (χ2n) is 18.4. The van der Waals surface area contributed by atoms with Gasteiger partial charge in [-0.05, 0) is 47.7 Å². The van der Waals surface area contributed by atoms with Crippen LogP contribution in [0, 0.1) is 0 Å². The highest BCUT2D eigenvalue weighted by Gasteiger charge is 2.15. The molecule has 0 saturated heterocycles. The lowest BCUT2D eigenvalue weighted by molar-refractivity contribution is 0.110. The molecule has 0 aliphatic heterocycles. The number of amidine groups is 2. The molecule has 6 aromatic heterocycles.